The third-order valence-corrected chi connectivity index (χ3v) is 6.79. The Labute approximate surface area is 183 Å². The Hall–Kier alpha value is -3.07. The number of halogens is 1. The van der Waals surface area contributed by atoms with Gasteiger partial charge in [-0.15, -0.1) is 16.4 Å². The molecule has 5 rings (SSSR count). The maximum absolute atomic E-state index is 13.8. The molecule has 0 N–H and O–H groups in total. The van der Waals surface area contributed by atoms with Crippen molar-refractivity contribution in [2.45, 2.75) is 19.3 Å². The highest BCUT2D eigenvalue weighted by Crippen LogP contribution is 2.29. The molecule has 3 aromatic rings. The third-order valence-electron chi connectivity index (χ3n) is 5.93. The molecule has 31 heavy (non-hydrogen) atoms. The van der Waals surface area contributed by atoms with Crippen molar-refractivity contribution in [2.24, 2.45) is 5.92 Å². The number of benzene rings is 1. The molecule has 160 valence electrons. The number of rotatable bonds is 4. The van der Waals surface area contributed by atoms with Crippen LogP contribution in [0.2, 0.25) is 0 Å². The number of amides is 2. The van der Waals surface area contributed by atoms with Gasteiger partial charge in [0.05, 0.1) is 10.6 Å². The first-order chi connectivity index (χ1) is 15.1. The minimum Gasteiger partial charge on any atom is -0.339 e. The van der Waals surface area contributed by atoms with Crippen LogP contribution in [0.4, 0.5) is 4.39 Å². The molecular formula is C22H22FN5O2S. The minimum absolute atomic E-state index is 0.0754. The van der Waals surface area contributed by atoms with Crippen LogP contribution in [-0.2, 0) is 4.79 Å². The predicted octanol–water partition coefficient (Wildman–Crippen LogP) is 3.22. The summed E-state index contributed by atoms with van der Waals surface area (Å²) in [6, 6.07) is 9.85. The second kappa shape index (κ2) is 8.22. The van der Waals surface area contributed by atoms with Gasteiger partial charge < -0.3 is 9.80 Å². The van der Waals surface area contributed by atoms with Crippen molar-refractivity contribution >= 4 is 23.2 Å². The van der Waals surface area contributed by atoms with Gasteiger partial charge in [-0.2, -0.15) is 0 Å². The Balaban J connectivity index is 1.37. The maximum atomic E-state index is 13.8. The molecule has 0 bridgehead atoms. The van der Waals surface area contributed by atoms with Crippen LogP contribution in [0, 0.1) is 11.7 Å². The Kier molecular flexibility index (Phi) is 5.27. The van der Waals surface area contributed by atoms with Crippen LogP contribution in [0.1, 0.15) is 29.9 Å². The normalized spacial score (nSPS) is 16.9. The molecule has 1 aromatic carbocycles. The SMILES string of the molecule is O=C(c1nc(-c2cccs2)n(-c2cccc(F)c2)n1)N1CCN(C(=O)C2CCC2)CC1. The zero-order valence-corrected chi connectivity index (χ0v) is 17.7. The number of thiophene rings is 1. The molecule has 7 nitrogen and oxygen atoms in total. The number of carbonyl (C=O) groups is 2. The number of piperazine rings is 1. The Morgan fingerprint density at radius 3 is 2.45 bits per heavy atom. The zero-order valence-electron chi connectivity index (χ0n) is 16.9. The van der Waals surface area contributed by atoms with Crippen molar-refractivity contribution in [1.82, 2.24) is 24.6 Å². The van der Waals surface area contributed by atoms with Crippen LogP contribution in [0.3, 0.4) is 0 Å². The standard InChI is InChI=1S/C22H22FN5O2S/c23-16-6-2-7-17(14-16)28-20(18-8-3-13-31-18)24-19(25-28)22(30)27-11-9-26(10-12-27)21(29)15-4-1-5-15/h2-3,6-8,13-15H,1,4-5,9-12H2. The maximum Gasteiger partial charge on any atom is 0.293 e. The van der Waals surface area contributed by atoms with E-state index in [1.54, 1.807) is 17.0 Å². The molecule has 9 heteroatoms. The molecule has 0 unspecified atom stereocenters. The fourth-order valence-corrected chi connectivity index (χ4v) is 4.64. The first-order valence-corrected chi connectivity index (χ1v) is 11.3. The summed E-state index contributed by atoms with van der Waals surface area (Å²) in [6.45, 7) is 1.98. The van der Waals surface area contributed by atoms with Crippen molar-refractivity contribution < 1.29 is 14.0 Å². The molecule has 1 saturated heterocycles. The van der Waals surface area contributed by atoms with Gasteiger partial charge in [0, 0.05) is 32.1 Å². The lowest BCUT2D eigenvalue weighted by Gasteiger charge is -2.37. The second-order valence-electron chi connectivity index (χ2n) is 7.87. The minimum atomic E-state index is -0.384. The fraction of sp³-hybridized carbons (Fsp3) is 0.364. The van der Waals surface area contributed by atoms with Gasteiger partial charge in [-0.25, -0.2) is 14.1 Å². The van der Waals surface area contributed by atoms with E-state index in [-0.39, 0.29) is 29.4 Å². The van der Waals surface area contributed by atoms with Crippen molar-refractivity contribution in [3.8, 4) is 16.4 Å². The fourth-order valence-electron chi connectivity index (χ4n) is 3.94. The van der Waals surface area contributed by atoms with Crippen molar-refractivity contribution in [1.29, 1.82) is 0 Å². The first-order valence-electron chi connectivity index (χ1n) is 10.4. The van der Waals surface area contributed by atoms with E-state index in [0.717, 1.165) is 24.1 Å². The van der Waals surface area contributed by atoms with Crippen molar-refractivity contribution in [2.75, 3.05) is 26.2 Å². The highest BCUT2D eigenvalue weighted by molar-refractivity contribution is 7.13. The van der Waals surface area contributed by atoms with E-state index < -0.39 is 0 Å². The number of hydrogen-bond donors (Lipinski definition) is 0. The van der Waals surface area contributed by atoms with Crippen LogP contribution in [-0.4, -0.2) is 62.6 Å². The molecule has 1 saturated carbocycles. The molecule has 0 spiro atoms. The lowest BCUT2D eigenvalue weighted by molar-refractivity contribution is -0.139. The highest BCUT2D eigenvalue weighted by Gasteiger charge is 2.33. The Morgan fingerprint density at radius 2 is 1.81 bits per heavy atom. The summed E-state index contributed by atoms with van der Waals surface area (Å²) in [5.41, 5.74) is 0.505. The van der Waals surface area contributed by atoms with Crippen LogP contribution < -0.4 is 0 Å². The van der Waals surface area contributed by atoms with E-state index >= 15 is 0 Å². The smallest absolute Gasteiger partial charge is 0.293 e. The zero-order chi connectivity index (χ0) is 21.4. The van der Waals surface area contributed by atoms with E-state index in [1.165, 1.54) is 28.2 Å². The summed E-state index contributed by atoms with van der Waals surface area (Å²) in [5.74, 6) is 0.300. The van der Waals surface area contributed by atoms with Gasteiger partial charge in [-0.3, -0.25) is 9.59 Å². The molecule has 0 atom stereocenters. The molecule has 2 aromatic heterocycles. The topological polar surface area (TPSA) is 71.3 Å². The van der Waals surface area contributed by atoms with Crippen LogP contribution in [0.5, 0.6) is 0 Å². The molecule has 2 fully saturated rings. The lowest BCUT2D eigenvalue weighted by Crippen LogP contribution is -2.52. The quantitative estimate of drug-likeness (QED) is 0.626. The summed E-state index contributed by atoms with van der Waals surface area (Å²) >= 11 is 1.48. The van der Waals surface area contributed by atoms with Crippen molar-refractivity contribution in [3.63, 3.8) is 0 Å². The van der Waals surface area contributed by atoms with Gasteiger partial charge in [0.1, 0.15) is 5.82 Å². The second-order valence-corrected chi connectivity index (χ2v) is 8.82. The number of nitrogens with zero attached hydrogens (tertiary/aromatic N) is 5. The van der Waals surface area contributed by atoms with Gasteiger partial charge in [0.2, 0.25) is 11.7 Å². The summed E-state index contributed by atoms with van der Waals surface area (Å²) in [4.78, 5) is 34.5. The van der Waals surface area contributed by atoms with E-state index in [9.17, 15) is 14.0 Å². The van der Waals surface area contributed by atoms with E-state index in [1.807, 2.05) is 22.4 Å². The van der Waals surface area contributed by atoms with Gasteiger partial charge in [-0.05, 0) is 42.5 Å². The van der Waals surface area contributed by atoms with Crippen LogP contribution in [0.25, 0.3) is 16.4 Å². The number of carbonyl (C=O) groups excluding carboxylic acids is 2. The molecule has 0 radical (unpaired) electrons. The van der Waals surface area contributed by atoms with E-state index in [2.05, 4.69) is 10.1 Å². The summed E-state index contributed by atoms with van der Waals surface area (Å²) in [5, 5.41) is 6.35. The van der Waals surface area contributed by atoms with Crippen molar-refractivity contribution in [3.05, 3.63) is 53.4 Å². The molecule has 1 aliphatic heterocycles. The molecule has 3 heterocycles. The average molecular weight is 440 g/mol. The Morgan fingerprint density at radius 1 is 1.03 bits per heavy atom. The molecule has 1 aliphatic carbocycles. The van der Waals surface area contributed by atoms with E-state index in [4.69, 9.17) is 0 Å². The third kappa shape index (κ3) is 3.85. The summed E-state index contributed by atoms with van der Waals surface area (Å²) in [6.07, 6.45) is 3.08. The molecule has 2 amide bonds. The Bertz CT molecular complexity index is 1100. The first kappa shape index (κ1) is 19.9. The molecule has 2 aliphatic rings. The predicted molar refractivity (Wildman–Crippen MR) is 114 cm³/mol. The van der Waals surface area contributed by atoms with Gasteiger partial charge >= 0.3 is 0 Å². The van der Waals surface area contributed by atoms with E-state index in [0.29, 0.717) is 37.7 Å². The molecular weight excluding hydrogens is 417 g/mol. The van der Waals surface area contributed by atoms with Crippen LogP contribution >= 0.6 is 11.3 Å². The summed E-state index contributed by atoms with van der Waals surface area (Å²) < 4.78 is 15.3. The largest absolute Gasteiger partial charge is 0.339 e. The van der Waals surface area contributed by atoms with Gasteiger partial charge in [0.25, 0.3) is 5.91 Å². The average Bonchev–Trinajstić information content (AvgIpc) is 3.42. The highest BCUT2D eigenvalue weighted by atomic mass is 32.1. The van der Waals surface area contributed by atoms with Crippen LogP contribution in [0.15, 0.2) is 41.8 Å². The van der Waals surface area contributed by atoms with Gasteiger partial charge in [0.15, 0.2) is 5.82 Å². The summed E-state index contributed by atoms with van der Waals surface area (Å²) in [7, 11) is 0. The number of hydrogen-bond acceptors (Lipinski definition) is 5. The monoisotopic (exact) mass is 439 g/mol. The lowest BCUT2D eigenvalue weighted by atomic mass is 9.84. The van der Waals surface area contributed by atoms with Gasteiger partial charge in [-0.1, -0.05) is 18.6 Å². The number of aromatic nitrogens is 3.